The maximum Gasteiger partial charge on any atom is 0.346 e. The summed E-state index contributed by atoms with van der Waals surface area (Å²) in [7, 11) is 1.25. The molecule has 110 valence electrons. The SMILES string of the molecule is COC(=O)C1(O)C=C(C)C(/N=N/c2ccccc2)C=C1C. The quantitative estimate of drug-likeness (QED) is 0.527. The van der Waals surface area contributed by atoms with E-state index in [2.05, 4.69) is 15.0 Å². The lowest BCUT2D eigenvalue weighted by atomic mass is 9.84. The number of hydrogen-bond acceptors (Lipinski definition) is 5. The van der Waals surface area contributed by atoms with E-state index in [0.29, 0.717) is 5.57 Å². The Morgan fingerprint density at radius 1 is 1.29 bits per heavy atom. The van der Waals surface area contributed by atoms with E-state index in [0.717, 1.165) is 11.3 Å². The van der Waals surface area contributed by atoms with Crippen LogP contribution in [-0.4, -0.2) is 29.8 Å². The van der Waals surface area contributed by atoms with Crippen LogP contribution in [0.2, 0.25) is 0 Å². The van der Waals surface area contributed by atoms with Crippen molar-refractivity contribution in [3.8, 4) is 0 Å². The normalized spacial score (nSPS) is 25.4. The Hall–Kier alpha value is -2.27. The second kappa shape index (κ2) is 6.01. The second-order valence-electron chi connectivity index (χ2n) is 4.99. The van der Waals surface area contributed by atoms with E-state index in [1.807, 2.05) is 30.3 Å². The number of ether oxygens (including phenoxy) is 1. The van der Waals surface area contributed by atoms with Gasteiger partial charge in [-0.2, -0.15) is 10.2 Å². The third kappa shape index (κ3) is 3.08. The van der Waals surface area contributed by atoms with Crippen LogP contribution in [0, 0.1) is 0 Å². The van der Waals surface area contributed by atoms with Gasteiger partial charge in [-0.15, -0.1) is 0 Å². The van der Waals surface area contributed by atoms with Crippen LogP contribution >= 0.6 is 0 Å². The molecule has 0 amide bonds. The molecule has 0 radical (unpaired) electrons. The van der Waals surface area contributed by atoms with Gasteiger partial charge in [0.15, 0.2) is 0 Å². The van der Waals surface area contributed by atoms with Crippen LogP contribution in [0.25, 0.3) is 0 Å². The summed E-state index contributed by atoms with van der Waals surface area (Å²) >= 11 is 0. The molecule has 1 N–H and O–H groups in total. The first-order valence-electron chi connectivity index (χ1n) is 6.62. The van der Waals surface area contributed by atoms with Gasteiger partial charge in [0.05, 0.1) is 12.8 Å². The molecule has 21 heavy (non-hydrogen) atoms. The molecule has 0 bridgehead atoms. The van der Waals surface area contributed by atoms with E-state index in [-0.39, 0.29) is 6.04 Å². The number of aliphatic hydroxyl groups is 1. The third-order valence-corrected chi connectivity index (χ3v) is 3.46. The number of hydrogen-bond donors (Lipinski definition) is 1. The fourth-order valence-electron chi connectivity index (χ4n) is 2.15. The average Bonchev–Trinajstić information content (AvgIpc) is 2.49. The molecular formula is C16H18N2O3. The van der Waals surface area contributed by atoms with Crippen molar-refractivity contribution in [1.29, 1.82) is 0 Å². The highest BCUT2D eigenvalue weighted by Gasteiger charge is 2.40. The Morgan fingerprint density at radius 2 is 1.95 bits per heavy atom. The third-order valence-electron chi connectivity index (χ3n) is 3.46. The molecule has 2 atom stereocenters. The molecule has 0 saturated carbocycles. The van der Waals surface area contributed by atoms with Crippen molar-refractivity contribution in [2.75, 3.05) is 7.11 Å². The molecule has 0 spiro atoms. The van der Waals surface area contributed by atoms with Gasteiger partial charge in [0.25, 0.3) is 0 Å². The van der Waals surface area contributed by atoms with Crippen molar-refractivity contribution < 1.29 is 14.6 Å². The molecule has 5 nitrogen and oxygen atoms in total. The first-order chi connectivity index (χ1) is 9.97. The van der Waals surface area contributed by atoms with Gasteiger partial charge in [-0.3, -0.25) is 0 Å². The Labute approximate surface area is 123 Å². The summed E-state index contributed by atoms with van der Waals surface area (Å²) in [6, 6.07) is 9.09. The minimum absolute atomic E-state index is 0.296. The number of azo groups is 1. The fourth-order valence-corrected chi connectivity index (χ4v) is 2.15. The van der Waals surface area contributed by atoms with Gasteiger partial charge in [-0.1, -0.05) is 24.3 Å². The Kier molecular flexibility index (Phi) is 4.33. The van der Waals surface area contributed by atoms with Crippen LogP contribution in [0.4, 0.5) is 5.69 Å². The van der Waals surface area contributed by atoms with Crippen LogP contribution in [0.5, 0.6) is 0 Å². The van der Waals surface area contributed by atoms with Crippen molar-refractivity contribution >= 4 is 11.7 Å². The number of nitrogens with zero attached hydrogens (tertiary/aromatic N) is 2. The molecule has 0 saturated heterocycles. The molecule has 1 aromatic rings. The smallest absolute Gasteiger partial charge is 0.346 e. The van der Waals surface area contributed by atoms with Gasteiger partial charge in [0, 0.05) is 0 Å². The van der Waals surface area contributed by atoms with E-state index in [9.17, 15) is 9.90 Å². The standard InChI is InChI=1S/C16H18N2O3/c1-11-10-16(20,15(19)21-3)12(2)9-14(11)18-17-13-7-5-4-6-8-13/h4-10,14,20H,1-3H3/b18-17+. The predicted molar refractivity (Wildman–Crippen MR) is 79.2 cm³/mol. The maximum absolute atomic E-state index is 11.7. The van der Waals surface area contributed by atoms with E-state index in [1.54, 1.807) is 19.9 Å². The summed E-state index contributed by atoms with van der Waals surface area (Å²) < 4.78 is 4.65. The van der Waals surface area contributed by atoms with E-state index in [1.165, 1.54) is 13.2 Å². The molecule has 1 aromatic carbocycles. The van der Waals surface area contributed by atoms with Crippen molar-refractivity contribution in [3.05, 3.63) is 53.6 Å². The number of benzene rings is 1. The number of esters is 1. The molecule has 5 heteroatoms. The lowest BCUT2D eigenvalue weighted by molar-refractivity contribution is -0.154. The summed E-state index contributed by atoms with van der Waals surface area (Å²) in [5.74, 6) is -0.700. The molecule has 0 fully saturated rings. The highest BCUT2D eigenvalue weighted by Crippen LogP contribution is 2.30. The minimum Gasteiger partial charge on any atom is -0.466 e. The number of rotatable bonds is 3. The van der Waals surface area contributed by atoms with Crippen molar-refractivity contribution in [2.24, 2.45) is 10.2 Å². The minimum atomic E-state index is -1.71. The van der Waals surface area contributed by atoms with Gasteiger partial charge >= 0.3 is 5.97 Å². The Bertz CT molecular complexity index is 620. The predicted octanol–water partition coefficient (Wildman–Crippen LogP) is 2.95. The highest BCUT2D eigenvalue weighted by atomic mass is 16.5. The van der Waals surface area contributed by atoms with Crippen LogP contribution in [0.1, 0.15) is 13.8 Å². The van der Waals surface area contributed by atoms with E-state index < -0.39 is 11.6 Å². The summed E-state index contributed by atoms with van der Waals surface area (Å²) in [5, 5.41) is 18.8. The van der Waals surface area contributed by atoms with Crippen molar-refractivity contribution in [1.82, 2.24) is 0 Å². The summed E-state index contributed by atoms with van der Waals surface area (Å²) in [6.45, 7) is 3.47. The first kappa shape index (κ1) is 15.1. The van der Waals surface area contributed by atoms with Crippen LogP contribution < -0.4 is 0 Å². The van der Waals surface area contributed by atoms with Gasteiger partial charge in [-0.25, -0.2) is 4.79 Å². The van der Waals surface area contributed by atoms with Crippen LogP contribution in [-0.2, 0) is 9.53 Å². The molecule has 1 aliphatic rings. The van der Waals surface area contributed by atoms with Crippen LogP contribution in [0.15, 0.2) is 63.9 Å². The van der Waals surface area contributed by atoms with Gasteiger partial charge in [0.1, 0.15) is 6.04 Å². The fraction of sp³-hybridized carbons (Fsp3) is 0.312. The molecule has 0 heterocycles. The van der Waals surface area contributed by atoms with Gasteiger partial charge in [0.2, 0.25) is 5.60 Å². The second-order valence-corrected chi connectivity index (χ2v) is 4.99. The molecule has 2 unspecified atom stereocenters. The lowest BCUT2D eigenvalue weighted by Gasteiger charge is -2.28. The zero-order valence-electron chi connectivity index (χ0n) is 12.3. The largest absolute Gasteiger partial charge is 0.466 e. The monoisotopic (exact) mass is 286 g/mol. The summed E-state index contributed by atoms with van der Waals surface area (Å²) in [6.07, 6.45) is 3.20. The number of carbonyl (C=O) groups excluding carboxylic acids is 1. The van der Waals surface area contributed by atoms with Crippen molar-refractivity contribution in [3.63, 3.8) is 0 Å². The zero-order chi connectivity index (χ0) is 15.5. The molecule has 0 aliphatic heterocycles. The first-order valence-corrected chi connectivity index (χ1v) is 6.62. The number of methoxy groups -OCH3 is 1. The number of carbonyl (C=O) groups is 1. The van der Waals surface area contributed by atoms with E-state index in [4.69, 9.17) is 0 Å². The topological polar surface area (TPSA) is 71.2 Å². The van der Waals surface area contributed by atoms with Gasteiger partial charge in [-0.05, 0) is 43.2 Å². The van der Waals surface area contributed by atoms with Crippen molar-refractivity contribution in [2.45, 2.75) is 25.5 Å². The Balaban J connectivity index is 2.24. The summed E-state index contributed by atoms with van der Waals surface area (Å²) in [4.78, 5) is 11.7. The molecular weight excluding hydrogens is 268 g/mol. The lowest BCUT2D eigenvalue weighted by Crippen LogP contribution is -2.41. The average molecular weight is 286 g/mol. The Morgan fingerprint density at radius 3 is 2.57 bits per heavy atom. The van der Waals surface area contributed by atoms with E-state index >= 15 is 0 Å². The van der Waals surface area contributed by atoms with Gasteiger partial charge < -0.3 is 9.84 Å². The maximum atomic E-state index is 11.7. The molecule has 2 rings (SSSR count). The molecule has 0 aromatic heterocycles. The highest BCUT2D eigenvalue weighted by molar-refractivity contribution is 5.86. The molecule has 1 aliphatic carbocycles. The van der Waals surface area contributed by atoms with Crippen LogP contribution in [0.3, 0.4) is 0 Å². The summed E-state index contributed by atoms with van der Waals surface area (Å²) in [5.41, 5.74) is 0.271. The zero-order valence-corrected chi connectivity index (χ0v) is 12.3.